The van der Waals surface area contributed by atoms with Crippen molar-refractivity contribution < 1.29 is 4.39 Å². The Kier molecular flexibility index (Phi) is 4.83. The van der Waals surface area contributed by atoms with Crippen molar-refractivity contribution in [1.29, 1.82) is 0 Å². The number of rotatable bonds is 3. The molecular formula is C9H9ClFIS. The Labute approximate surface area is 98.8 Å². The molecular weight excluding hydrogens is 322 g/mol. The average molecular weight is 331 g/mol. The quantitative estimate of drug-likeness (QED) is 0.726. The van der Waals surface area contributed by atoms with Crippen molar-refractivity contribution in [2.45, 2.75) is 12.8 Å². The molecule has 1 aromatic rings. The van der Waals surface area contributed by atoms with Crippen LogP contribution >= 0.6 is 41.7 Å². The molecule has 1 aromatic carbocycles. The van der Waals surface area contributed by atoms with Crippen LogP contribution in [-0.4, -0.2) is 5.75 Å². The molecule has 0 saturated heterocycles. The SMILES string of the molecule is CC(CSI)c1ccc(Cl)cc1F. The maximum absolute atomic E-state index is 13.3. The van der Waals surface area contributed by atoms with Gasteiger partial charge in [0.25, 0.3) is 0 Å². The van der Waals surface area contributed by atoms with E-state index in [2.05, 4.69) is 21.2 Å². The first-order chi connectivity index (χ1) is 6.15. The Balaban J connectivity index is 2.88. The Morgan fingerprint density at radius 2 is 2.31 bits per heavy atom. The van der Waals surface area contributed by atoms with E-state index in [4.69, 9.17) is 11.6 Å². The van der Waals surface area contributed by atoms with Crippen LogP contribution in [0.15, 0.2) is 18.2 Å². The molecule has 0 heterocycles. The Morgan fingerprint density at radius 3 is 2.85 bits per heavy atom. The van der Waals surface area contributed by atoms with Crippen molar-refractivity contribution in [3.63, 3.8) is 0 Å². The molecule has 1 atom stereocenters. The Morgan fingerprint density at radius 1 is 1.62 bits per heavy atom. The topological polar surface area (TPSA) is 0 Å². The van der Waals surface area contributed by atoms with Crippen molar-refractivity contribution in [3.05, 3.63) is 34.6 Å². The summed E-state index contributed by atoms with van der Waals surface area (Å²) in [6, 6.07) is 4.86. The van der Waals surface area contributed by atoms with E-state index >= 15 is 0 Å². The standard InChI is InChI=1S/C9H9ClFIS/c1-6(5-13-12)8-3-2-7(10)4-9(8)11/h2-4,6H,5H2,1H3. The van der Waals surface area contributed by atoms with Crippen molar-refractivity contribution in [3.8, 4) is 0 Å². The maximum atomic E-state index is 13.3. The molecule has 0 aliphatic rings. The lowest BCUT2D eigenvalue weighted by Gasteiger charge is -2.10. The largest absolute Gasteiger partial charge is 0.207 e. The first-order valence-electron chi connectivity index (χ1n) is 3.83. The van der Waals surface area contributed by atoms with Crippen LogP contribution in [0, 0.1) is 5.82 Å². The highest BCUT2D eigenvalue weighted by Gasteiger charge is 2.10. The fourth-order valence-corrected chi connectivity index (χ4v) is 3.23. The van der Waals surface area contributed by atoms with E-state index in [0.717, 1.165) is 11.3 Å². The van der Waals surface area contributed by atoms with E-state index in [9.17, 15) is 4.39 Å². The normalized spacial score (nSPS) is 12.9. The molecule has 0 radical (unpaired) electrons. The van der Waals surface area contributed by atoms with Gasteiger partial charge in [-0.3, -0.25) is 0 Å². The minimum Gasteiger partial charge on any atom is -0.207 e. The summed E-state index contributed by atoms with van der Waals surface area (Å²) < 4.78 is 13.3. The van der Waals surface area contributed by atoms with Gasteiger partial charge in [0.15, 0.2) is 0 Å². The molecule has 0 amide bonds. The fraction of sp³-hybridized carbons (Fsp3) is 0.333. The van der Waals surface area contributed by atoms with Gasteiger partial charge in [-0.05, 0) is 44.8 Å². The van der Waals surface area contributed by atoms with E-state index < -0.39 is 0 Å². The zero-order chi connectivity index (χ0) is 9.84. The van der Waals surface area contributed by atoms with Crippen LogP contribution in [0.3, 0.4) is 0 Å². The molecule has 0 N–H and O–H groups in total. The van der Waals surface area contributed by atoms with E-state index in [0.29, 0.717) is 5.02 Å². The lowest BCUT2D eigenvalue weighted by molar-refractivity contribution is 0.600. The molecule has 0 aliphatic heterocycles. The second kappa shape index (κ2) is 5.41. The molecule has 0 bridgehead atoms. The molecule has 13 heavy (non-hydrogen) atoms. The van der Waals surface area contributed by atoms with Crippen molar-refractivity contribution >= 4 is 41.7 Å². The molecule has 0 saturated carbocycles. The van der Waals surface area contributed by atoms with Gasteiger partial charge in [-0.1, -0.05) is 33.5 Å². The van der Waals surface area contributed by atoms with Gasteiger partial charge in [0.2, 0.25) is 0 Å². The second-order valence-corrected chi connectivity index (χ2v) is 5.70. The zero-order valence-corrected chi connectivity index (χ0v) is 10.8. The van der Waals surface area contributed by atoms with Crippen LogP contribution in [0.5, 0.6) is 0 Å². The van der Waals surface area contributed by atoms with Gasteiger partial charge < -0.3 is 0 Å². The Hall–Kier alpha value is 0.520. The fourth-order valence-electron chi connectivity index (χ4n) is 1.09. The number of hydrogen-bond acceptors (Lipinski definition) is 1. The highest BCUT2D eigenvalue weighted by atomic mass is 127. The van der Waals surface area contributed by atoms with Crippen LogP contribution in [-0.2, 0) is 0 Å². The monoisotopic (exact) mass is 330 g/mol. The third-order valence-corrected chi connectivity index (χ3v) is 3.75. The summed E-state index contributed by atoms with van der Waals surface area (Å²) in [7, 11) is 1.69. The van der Waals surface area contributed by atoms with E-state index in [1.54, 1.807) is 21.1 Å². The predicted octanol–water partition coefficient (Wildman–Crippen LogP) is 4.67. The van der Waals surface area contributed by atoms with Crippen LogP contribution in [0.1, 0.15) is 18.4 Å². The molecule has 1 unspecified atom stereocenters. The summed E-state index contributed by atoms with van der Waals surface area (Å²) in [6.45, 7) is 2.01. The molecule has 0 aromatic heterocycles. The highest BCUT2D eigenvalue weighted by Crippen LogP contribution is 2.27. The minimum absolute atomic E-state index is 0.203. The second-order valence-electron chi connectivity index (χ2n) is 2.84. The smallest absolute Gasteiger partial charge is 0.128 e. The van der Waals surface area contributed by atoms with Gasteiger partial charge in [-0.2, -0.15) is 0 Å². The van der Waals surface area contributed by atoms with Crippen LogP contribution < -0.4 is 0 Å². The summed E-state index contributed by atoms with van der Waals surface area (Å²) in [6.07, 6.45) is 0. The summed E-state index contributed by atoms with van der Waals surface area (Å²) >= 11 is 7.87. The van der Waals surface area contributed by atoms with Gasteiger partial charge in [0.1, 0.15) is 5.82 Å². The van der Waals surface area contributed by atoms with Crippen LogP contribution in [0.25, 0.3) is 0 Å². The van der Waals surface area contributed by atoms with Crippen LogP contribution in [0.2, 0.25) is 5.02 Å². The molecule has 4 heteroatoms. The molecule has 1 rings (SSSR count). The van der Waals surface area contributed by atoms with Gasteiger partial charge in [0.05, 0.1) is 0 Å². The molecule has 72 valence electrons. The number of benzene rings is 1. The summed E-state index contributed by atoms with van der Waals surface area (Å²) in [5.74, 6) is 0.948. The van der Waals surface area contributed by atoms with E-state index in [1.807, 2.05) is 6.92 Å². The molecule has 0 fully saturated rings. The van der Waals surface area contributed by atoms with Gasteiger partial charge in [-0.25, -0.2) is 4.39 Å². The summed E-state index contributed by atoms with van der Waals surface area (Å²) in [4.78, 5) is 0. The van der Waals surface area contributed by atoms with Gasteiger partial charge in [-0.15, -0.1) is 0 Å². The minimum atomic E-state index is -0.203. The van der Waals surface area contributed by atoms with Crippen LogP contribution in [0.4, 0.5) is 4.39 Å². The predicted molar refractivity (Wildman–Crippen MR) is 66.3 cm³/mol. The first-order valence-corrected chi connectivity index (χ1v) is 7.74. The van der Waals surface area contributed by atoms with Gasteiger partial charge >= 0.3 is 0 Å². The van der Waals surface area contributed by atoms with Crippen molar-refractivity contribution in [2.75, 3.05) is 5.75 Å². The maximum Gasteiger partial charge on any atom is 0.128 e. The molecule has 0 aliphatic carbocycles. The molecule has 0 spiro atoms. The molecule has 0 nitrogen and oxygen atoms in total. The lowest BCUT2D eigenvalue weighted by Crippen LogP contribution is -1.98. The van der Waals surface area contributed by atoms with E-state index in [-0.39, 0.29) is 11.7 Å². The van der Waals surface area contributed by atoms with Crippen molar-refractivity contribution in [1.82, 2.24) is 0 Å². The lowest BCUT2D eigenvalue weighted by atomic mass is 10.0. The number of halogens is 3. The summed E-state index contributed by atoms with van der Waals surface area (Å²) in [5, 5.41) is 0.454. The Bertz CT molecular complexity index is 293. The third-order valence-electron chi connectivity index (χ3n) is 1.81. The average Bonchev–Trinajstić information content (AvgIpc) is 2.04. The van der Waals surface area contributed by atoms with E-state index in [1.165, 1.54) is 6.07 Å². The van der Waals surface area contributed by atoms with Gasteiger partial charge in [0, 0.05) is 10.8 Å². The zero-order valence-electron chi connectivity index (χ0n) is 7.06. The first kappa shape index (κ1) is 11.6. The summed E-state index contributed by atoms with van der Waals surface area (Å²) in [5.41, 5.74) is 0.744. The van der Waals surface area contributed by atoms with Crippen molar-refractivity contribution in [2.24, 2.45) is 0 Å². The number of hydrogen-bond donors (Lipinski definition) is 0. The third kappa shape index (κ3) is 3.29. The highest BCUT2D eigenvalue weighted by molar-refractivity contribution is 14.2.